The summed E-state index contributed by atoms with van der Waals surface area (Å²) in [5, 5.41) is 11.7. The number of carbonyl (C=O) groups is 2. The minimum atomic E-state index is -1.00. The van der Waals surface area contributed by atoms with Gasteiger partial charge in [-0.25, -0.2) is 9.59 Å². The number of ether oxygens (including phenoxy) is 1. The molecule has 2 aliphatic rings. The van der Waals surface area contributed by atoms with Crippen LogP contribution in [0.5, 0.6) is 0 Å². The van der Waals surface area contributed by atoms with Crippen molar-refractivity contribution in [2.24, 2.45) is 17.8 Å². The zero-order valence-corrected chi connectivity index (χ0v) is 12.3. The lowest BCUT2D eigenvalue weighted by molar-refractivity contribution is -0.140. The largest absolute Gasteiger partial charge is 0.480 e. The van der Waals surface area contributed by atoms with Crippen LogP contribution in [-0.2, 0) is 9.53 Å². The summed E-state index contributed by atoms with van der Waals surface area (Å²) < 4.78 is 5.10. The van der Waals surface area contributed by atoms with Gasteiger partial charge in [-0.2, -0.15) is 0 Å². The average molecular weight is 281 g/mol. The van der Waals surface area contributed by atoms with Gasteiger partial charge in [0.05, 0.1) is 0 Å². The second-order valence-electron chi connectivity index (χ2n) is 6.90. The maximum absolute atomic E-state index is 11.7. The van der Waals surface area contributed by atoms with Crippen molar-refractivity contribution in [2.75, 3.05) is 0 Å². The minimum absolute atomic E-state index is 0.353. The molecule has 2 fully saturated rings. The molecule has 0 aromatic heterocycles. The number of carbonyl (C=O) groups excluding carboxylic acids is 1. The van der Waals surface area contributed by atoms with E-state index in [1.165, 1.54) is 5.57 Å². The summed E-state index contributed by atoms with van der Waals surface area (Å²) >= 11 is 0. The Kier molecular flexibility index (Phi) is 3.80. The van der Waals surface area contributed by atoms with Crippen LogP contribution < -0.4 is 5.32 Å². The predicted octanol–water partition coefficient (Wildman–Crippen LogP) is 2.57. The number of carboxylic acid groups (broad SMARTS) is 1. The lowest BCUT2D eigenvalue weighted by atomic mass is 9.94. The van der Waals surface area contributed by atoms with Crippen LogP contribution in [-0.4, -0.2) is 28.8 Å². The summed E-state index contributed by atoms with van der Waals surface area (Å²) in [6, 6.07) is -0.874. The molecule has 0 aliphatic heterocycles. The van der Waals surface area contributed by atoms with Crippen molar-refractivity contribution in [3.8, 4) is 0 Å². The van der Waals surface area contributed by atoms with Crippen LogP contribution in [0.2, 0.25) is 0 Å². The van der Waals surface area contributed by atoms with Crippen LogP contribution in [0.15, 0.2) is 12.2 Å². The zero-order valence-electron chi connectivity index (χ0n) is 12.3. The molecule has 4 atom stereocenters. The third-order valence-corrected chi connectivity index (χ3v) is 4.06. The molecule has 1 unspecified atom stereocenters. The molecule has 2 aliphatic carbocycles. The molecule has 2 rings (SSSR count). The van der Waals surface area contributed by atoms with Crippen molar-refractivity contribution in [1.82, 2.24) is 5.32 Å². The van der Waals surface area contributed by atoms with E-state index in [-0.39, 0.29) is 0 Å². The molecule has 5 heteroatoms. The summed E-state index contributed by atoms with van der Waals surface area (Å²) in [7, 11) is 0. The van der Waals surface area contributed by atoms with E-state index in [9.17, 15) is 14.7 Å². The van der Waals surface area contributed by atoms with E-state index < -0.39 is 23.7 Å². The van der Waals surface area contributed by atoms with Gasteiger partial charge in [0.2, 0.25) is 0 Å². The first-order chi connectivity index (χ1) is 9.17. The second-order valence-corrected chi connectivity index (χ2v) is 6.90. The minimum Gasteiger partial charge on any atom is -0.480 e. The third-order valence-electron chi connectivity index (χ3n) is 4.06. The van der Waals surface area contributed by atoms with Crippen LogP contribution >= 0.6 is 0 Å². The summed E-state index contributed by atoms with van der Waals surface area (Å²) in [5.41, 5.74) is 0.688. The summed E-state index contributed by atoms with van der Waals surface area (Å²) in [4.78, 5) is 22.9. The van der Waals surface area contributed by atoms with Crippen molar-refractivity contribution in [2.45, 2.75) is 51.7 Å². The normalized spacial score (nSPS) is 29.6. The molecular formula is C15H23NO4. The molecule has 20 heavy (non-hydrogen) atoms. The molecular weight excluding hydrogens is 258 g/mol. The quantitative estimate of drug-likeness (QED) is 0.777. The van der Waals surface area contributed by atoms with Gasteiger partial charge in [-0.3, -0.25) is 0 Å². The molecule has 0 spiro atoms. The zero-order chi connectivity index (χ0) is 15.1. The molecule has 1 amide bonds. The smallest absolute Gasteiger partial charge is 0.408 e. The number of amides is 1. The molecule has 2 saturated carbocycles. The summed E-state index contributed by atoms with van der Waals surface area (Å²) in [6.45, 7) is 9.23. The Morgan fingerprint density at radius 1 is 1.40 bits per heavy atom. The van der Waals surface area contributed by atoms with Crippen molar-refractivity contribution in [3.05, 3.63) is 12.2 Å². The van der Waals surface area contributed by atoms with Gasteiger partial charge in [-0.05, 0) is 57.8 Å². The molecule has 0 bridgehead atoms. The highest BCUT2D eigenvalue weighted by Gasteiger charge is 2.50. The van der Waals surface area contributed by atoms with Crippen LogP contribution in [0.1, 0.15) is 40.0 Å². The predicted molar refractivity (Wildman–Crippen MR) is 74.3 cm³/mol. The number of nitrogens with one attached hydrogen (secondary N) is 1. The highest BCUT2D eigenvalue weighted by molar-refractivity contribution is 5.80. The van der Waals surface area contributed by atoms with E-state index >= 15 is 0 Å². The lowest BCUT2D eigenvalue weighted by Gasteiger charge is -2.23. The highest BCUT2D eigenvalue weighted by Crippen LogP contribution is 2.59. The highest BCUT2D eigenvalue weighted by atomic mass is 16.6. The first kappa shape index (κ1) is 14.9. The fourth-order valence-electron chi connectivity index (χ4n) is 3.09. The van der Waals surface area contributed by atoms with Crippen LogP contribution in [0.3, 0.4) is 0 Å². The fourth-order valence-corrected chi connectivity index (χ4v) is 3.09. The van der Waals surface area contributed by atoms with Gasteiger partial charge in [0, 0.05) is 0 Å². The Labute approximate surface area is 119 Å². The van der Waals surface area contributed by atoms with E-state index in [1.807, 2.05) is 0 Å². The molecule has 0 radical (unpaired) electrons. The van der Waals surface area contributed by atoms with Gasteiger partial charge in [0.15, 0.2) is 0 Å². The van der Waals surface area contributed by atoms with E-state index in [4.69, 9.17) is 4.74 Å². The lowest BCUT2D eigenvalue weighted by Crippen LogP contribution is -2.44. The SMILES string of the molecule is C=C1[C@H]2CC(C[C@H](NC(=O)OC(C)(C)C)C(=O)O)C[C@@H]12. The topological polar surface area (TPSA) is 75.6 Å². The Balaban J connectivity index is 1.83. The third kappa shape index (κ3) is 3.52. The van der Waals surface area contributed by atoms with Crippen LogP contribution in [0, 0.1) is 17.8 Å². The van der Waals surface area contributed by atoms with E-state index in [0.29, 0.717) is 24.2 Å². The van der Waals surface area contributed by atoms with Crippen molar-refractivity contribution >= 4 is 12.1 Å². The Morgan fingerprint density at radius 2 is 1.95 bits per heavy atom. The Hall–Kier alpha value is -1.52. The van der Waals surface area contributed by atoms with E-state index in [2.05, 4.69) is 11.9 Å². The first-order valence-corrected chi connectivity index (χ1v) is 7.08. The van der Waals surface area contributed by atoms with Gasteiger partial charge in [-0.1, -0.05) is 12.2 Å². The first-order valence-electron chi connectivity index (χ1n) is 7.08. The monoisotopic (exact) mass is 281 g/mol. The molecule has 0 saturated heterocycles. The van der Waals surface area contributed by atoms with Gasteiger partial charge < -0.3 is 15.2 Å². The van der Waals surface area contributed by atoms with E-state index in [1.54, 1.807) is 20.8 Å². The van der Waals surface area contributed by atoms with Crippen molar-refractivity contribution < 1.29 is 19.4 Å². The maximum Gasteiger partial charge on any atom is 0.408 e. The molecule has 0 aromatic rings. The Morgan fingerprint density at radius 3 is 2.40 bits per heavy atom. The second kappa shape index (κ2) is 5.11. The number of rotatable bonds is 4. The standard InChI is InChI=1S/C15H23NO4/c1-8-10-5-9(6-11(8)10)7-12(13(17)18)16-14(19)20-15(2,3)4/h9-12H,1,5-7H2,2-4H3,(H,16,19)(H,17,18)/t9?,10-,11+,12-/m0/s1. The van der Waals surface area contributed by atoms with Crippen molar-refractivity contribution in [1.29, 1.82) is 0 Å². The summed E-state index contributed by atoms with van der Waals surface area (Å²) in [6.07, 6.45) is 1.80. The van der Waals surface area contributed by atoms with Gasteiger partial charge in [0.1, 0.15) is 11.6 Å². The average Bonchev–Trinajstić information content (AvgIpc) is 2.73. The number of hydrogen-bond acceptors (Lipinski definition) is 3. The number of allylic oxidation sites excluding steroid dienone is 1. The number of carboxylic acids is 1. The van der Waals surface area contributed by atoms with Crippen molar-refractivity contribution in [3.63, 3.8) is 0 Å². The van der Waals surface area contributed by atoms with E-state index in [0.717, 1.165) is 12.8 Å². The van der Waals surface area contributed by atoms with Gasteiger partial charge >= 0.3 is 12.1 Å². The number of fused-ring (bicyclic) bond motifs is 1. The van der Waals surface area contributed by atoms with Crippen LogP contribution in [0.4, 0.5) is 4.79 Å². The fraction of sp³-hybridized carbons (Fsp3) is 0.733. The van der Waals surface area contributed by atoms with Crippen LogP contribution in [0.25, 0.3) is 0 Å². The number of aliphatic carboxylic acids is 1. The molecule has 0 heterocycles. The summed E-state index contributed by atoms with van der Waals surface area (Å²) in [5.74, 6) is 0.536. The Bertz CT molecular complexity index is 424. The maximum atomic E-state index is 11.7. The molecule has 112 valence electrons. The molecule has 2 N–H and O–H groups in total. The molecule has 5 nitrogen and oxygen atoms in total. The number of alkyl carbamates (subject to hydrolysis) is 1. The number of hydrogen-bond donors (Lipinski definition) is 2. The molecule has 0 aromatic carbocycles. The van der Waals surface area contributed by atoms with Gasteiger partial charge in [-0.15, -0.1) is 0 Å². The van der Waals surface area contributed by atoms with Gasteiger partial charge in [0.25, 0.3) is 0 Å².